The molecular weight excluding hydrogens is 326 g/mol. The summed E-state index contributed by atoms with van der Waals surface area (Å²) in [6.07, 6.45) is 1.69. The van der Waals surface area contributed by atoms with Crippen LogP contribution in [0.3, 0.4) is 0 Å². The van der Waals surface area contributed by atoms with Crippen molar-refractivity contribution in [1.29, 1.82) is 0 Å². The summed E-state index contributed by atoms with van der Waals surface area (Å²) in [7, 11) is 4.00. The van der Waals surface area contributed by atoms with Gasteiger partial charge in [-0.05, 0) is 31.8 Å². The van der Waals surface area contributed by atoms with E-state index in [1.54, 1.807) is 6.08 Å². The van der Waals surface area contributed by atoms with Gasteiger partial charge in [0, 0.05) is 31.4 Å². The van der Waals surface area contributed by atoms with Crippen molar-refractivity contribution in [2.24, 2.45) is 0 Å². The number of nitrogens with zero attached hydrogens (tertiary/aromatic N) is 2. The number of urea groups is 1. The van der Waals surface area contributed by atoms with Gasteiger partial charge in [0.05, 0.1) is 0 Å². The van der Waals surface area contributed by atoms with Crippen LogP contribution in [0.5, 0.6) is 5.75 Å². The van der Waals surface area contributed by atoms with Crippen molar-refractivity contribution < 1.29 is 9.53 Å². The second-order valence-corrected chi connectivity index (χ2v) is 6.27. The van der Waals surface area contributed by atoms with Crippen molar-refractivity contribution in [1.82, 2.24) is 9.80 Å². The molecule has 5 heteroatoms. The van der Waals surface area contributed by atoms with Gasteiger partial charge in [-0.3, -0.25) is 0 Å². The first-order chi connectivity index (χ1) is 12.6. The Morgan fingerprint density at radius 2 is 1.88 bits per heavy atom. The van der Waals surface area contributed by atoms with Crippen LogP contribution in [0.2, 0.25) is 0 Å². The second kappa shape index (κ2) is 10.3. The normalized spacial score (nSPS) is 10.4. The summed E-state index contributed by atoms with van der Waals surface area (Å²) in [4.78, 5) is 16.7. The van der Waals surface area contributed by atoms with E-state index in [0.717, 1.165) is 12.1 Å². The maximum Gasteiger partial charge on any atom is 0.322 e. The van der Waals surface area contributed by atoms with Crippen LogP contribution >= 0.6 is 0 Å². The molecule has 0 saturated heterocycles. The van der Waals surface area contributed by atoms with Gasteiger partial charge in [0.2, 0.25) is 0 Å². The molecule has 26 heavy (non-hydrogen) atoms. The third-order valence-corrected chi connectivity index (χ3v) is 3.77. The molecule has 0 aromatic heterocycles. The standard InChI is InChI=1S/C21H27N3O2/c1-4-15-26-20-12-8-11-19(16-20)22-21(25)24(14-13-23(2)3)17-18-9-6-5-7-10-18/h4-12,16H,1,13-15,17H2,2-3H3,(H,22,25). The summed E-state index contributed by atoms with van der Waals surface area (Å²) in [6.45, 7) is 6.07. The minimum Gasteiger partial charge on any atom is -0.489 e. The zero-order chi connectivity index (χ0) is 18.8. The van der Waals surface area contributed by atoms with Crippen LogP contribution in [0.4, 0.5) is 10.5 Å². The average Bonchev–Trinajstić information content (AvgIpc) is 2.64. The Morgan fingerprint density at radius 1 is 1.12 bits per heavy atom. The fourth-order valence-electron chi connectivity index (χ4n) is 2.40. The molecule has 5 nitrogen and oxygen atoms in total. The maximum absolute atomic E-state index is 12.8. The largest absolute Gasteiger partial charge is 0.489 e. The molecule has 0 spiro atoms. The molecule has 2 aromatic rings. The summed E-state index contributed by atoms with van der Waals surface area (Å²) in [6, 6.07) is 17.2. The lowest BCUT2D eigenvalue weighted by Gasteiger charge is -2.25. The molecule has 0 unspecified atom stereocenters. The molecule has 2 aromatic carbocycles. The van der Waals surface area contributed by atoms with Crippen molar-refractivity contribution in [3.8, 4) is 5.75 Å². The minimum atomic E-state index is -0.128. The van der Waals surface area contributed by atoms with Gasteiger partial charge in [0.25, 0.3) is 0 Å². The Labute approximate surface area is 155 Å². The van der Waals surface area contributed by atoms with Gasteiger partial charge in [-0.1, -0.05) is 49.1 Å². The number of ether oxygens (including phenoxy) is 1. The van der Waals surface area contributed by atoms with E-state index in [1.807, 2.05) is 73.6 Å². The van der Waals surface area contributed by atoms with Gasteiger partial charge in [-0.25, -0.2) is 4.79 Å². The molecule has 0 aliphatic heterocycles. The number of carbonyl (C=O) groups is 1. The number of carbonyl (C=O) groups excluding carboxylic acids is 1. The highest BCUT2D eigenvalue weighted by atomic mass is 16.5. The van der Waals surface area contributed by atoms with E-state index in [4.69, 9.17) is 4.74 Å². The van der Waals surface area contributed by atoms with Crippen LogP contribution < -0.4 is 10.1 Å². The molecule has 0 aliphatic carbocycles. The zero-order valence-corrected chi connectivity index (χ0v) is 15.5. The van der Waals surface area contributed by atoms with Crippen molar-refractivity contribution in [2.45, 2.75) is 6.54 Å². The minimum absolute atomic E-state index is 0.128. The molecule has 0 bridgehead atoms. The Kier molecular flexibility index (Phi) is 7.71. The molecule has 0 aliphatic rings. The average molecular weight is 353 g/mol. The van der Waals surface area contributed by atoms with Crippen molar-refractivity contribution >= 4 is 11.7 Å². The molecule has 1 N–H and O–H groups in total. The van der Waals surface area contributed by atoms with Crippen LogP contribution in [0.15, 0.2) is 67.3 Å². The third-order valence-electron chi connectivity index (χ3n) is 3.77. The highest BCUT2D eigenvalue weighted by Gasteiger charge is 2.14. The monoisotopic (exact) mass is 353 g/mol. The molecular formula is C21H27N3O2. The highest BCUT2D eigenvalue weighted by molar-refractivity contribution is 5.89. The lowest BCUT2D eigenvalue weighted by atomic mass is 10.2. The fourth-order valence-corrected chi connectivity index (χ4v) is 2.40. The molecule has 0 saturated carbocycles. The lowest BCUT2D eigenvalue weighted by molar-refractivity contribution is 0.202. The van der Waals surface area contributed by atoms with Crippen molar-refractivity contribution in [3.05, 3.63) is 72.8 Å². The second-order valence-electron chi connectivity index (χ2n) is 6.27. The van der Waals surface area contributed by atoms with Crippen LogP contribution in [-0.4, -0.2) is 49.6 Å². The SMILES string of the molecule is C=CCOc1cccc(NC(=O)N(CCN(C)C)Cc2ccccc2)c1. The van der Waals surface area contributed by atoms with E-state index in [1.165, 1.54) is 0 Å². The van der Waals surface area contributed by atoms with E-state index in [-0.39, 0.29) is 6.03 Å². The zero-order valence-electron chi connectivity index (χ0n) is 15.5. The molecule has 2 rings (SSSR count). The number of nitrogens with one attached hydrogen (secondary N) is 1. The van der Waals surface area contributed by atoms with Gasteiger partial charge in [0.15, 0.2) is 0 Å². The molecule has 0 heterocycles. The van der Waals surface area contributed by atoms with Crippen molar-refractivity contribution in [3.63, 3.8) is 0 Å². The number of rotatable bonds is 9. The van der Waals surface area contributed by atoms with Crippen LogP contribution in [0.25, 0.3) is 0 Å². The van der Waals surface area contributed by atoms with Gasteiger partial charge < -0.3 is 19.9 Å². The van der Waals surface area contributed by atoms with Crippen LogP contribution in [-0.2, 0) is 6.54 Å². The number of likely N-dealkylation sites (N-methyl/N-ethyl adjacent to an activating group) is 1. The number of amides is 2. The Hall–Kier alpha value is -2.79. The summed E-state index contributed by atoms with van der Waals surface area (Å²) in [5, 5.41) is 2.97. The molecule has 0 fully saturated rings. The molecule has 0 radical (unpaired) electrons. The van der Waals surface area contributed by atoms with E-state index >= 15 is 0 Å². The predicted octanol–water partition coefficient (Wildman–Crippen LogP) is 3.85. The van der Waals surface area contributed by atoms with E-state index in [0.29, 0.717) is 31.1 Å². The number of hydrogen-bond donors (Lipinski definition) is 1. The number of anilines is 1. The Bertz CT molecular complexity index is 701. The first kappa shape index (κ1) is 19.5. The van der Waals surface area contributed by atoms with Gasteiger partial charge in [-0.15, -0.1) is 0 Å². The molecule has 0 atom stereocenters. The van der Waals surface area contributed by atoms with Gasteiger partial charge in [0.1, 0.15) is 12.4 Å². The van der Waals surface area contributed by atoms with E-state index in [2.05, 4.69) is 16.8 Å². The quantitative estimate of drug-likeness (QED) is 0.697. The molecule has 138 valence electrons. The smallest absolute Gasteiger partial charge is 0.322 e. The van der Waals surface area contributed by atoms with E-state index < -0.39 is 0 Å². The summed E-state index contributed by atoms with van der Waals surface area (Å²) < 4.78 is 5.52. The van der Waals surface area contributed by atoms with Crippen LogP contribution in [0.1, 0.15) is 5.56 Å². The number of benzene rings is 2. The fraction of sp³-hybridized carbons (Fsp3) is 0.286. The van der Waals surface area contributed by atoms with E-state index in [9.17, 15) is 4.79 Å². The Balaban J connectivity index is 2.06. The van der Waals surface area contributed by atoms with Gasteiger partial charge in [-0.2, -0.15) is 0 Å². The van der Waals surface area contributed by atoms with Crippen LogP contribution in [0, 0.1) is 0 Å². The van der Waals surface area contributed by atoms with Crippen molar-refractivity contribution in [2.75, 3.05) is 39.1 Å². The maximum atomic E-state index is 12.8. The third kappa shape index (κ3) is 6.61. The molecule has 2 amide bonds. The first-order valence-corrected chi connectivity index (χ1v) is 8.67. The Morgan fingerprint density at radius 3 is 2.58 bits per heavy atom. The first-order valence-electron chi connectivity index (χ1n) is 8.67. The van der Waals surface area contributed by atoms with Gasteiger partial charge >= 0.3 is 6.03 Å². The number of hydrogen-bond acceptors (Lipinski definition) is 3. The topological polar surface area (TPSA) is 44.8 Å². The highest BCUT2D eigenvalue weighted by Crippen LogP contribution is 2.18. The summed E-state index contributed by atoms with van der Waals surface area (Å²) in [5.41, 5.74) is 1.81. The lowest BCUT2D eigenvalue weighted by Crippen LogP contribution is -2.39. The summed E-state index contributed by atoms with van der Waals surface area (Å²) in [5.74, 6) is 0.700. The summed E-state index contributed by atoms with van der Waals surface area (Å²) >= 11 is 0. The predicted molar refractivity (Wildman–Crippen MR) is 107 cm³/mol.